The molecular formula is C42H69NO4. The second-order valence-corrected chi connectivity index (χ2v) is 14.5. The van der Waals surface area contributed by atoms with Crippen molar-refractivity contribution in [3.05, 3.63) is 76.4 Å². The summed E-state index contributed by atoms with van der Waals surface area (Å²) in [4.78, 5) is 0. The molecule has 1 N–H and O–H groups in total. The van der Waals surface area contributed by atoms with E-state index in [9.17, 15) is 0 Å². The number of allylic oxidation sites excluding steroid dienone is 8. The monoisotopic (exact) mass is 652 g/mol. The van der Waals surface area contributed by atoms with E-state index in [1.54, 1.807) is 7.11 Å². The van der Waals surface area contributed by atoms with Crippen LogP contribution in [0.1, 0.15) is 125 Å². The van der Waals surface area contributed by atoms with Gasteiger partial charge in [-0.3, -0.25) is 0 Å². The highest BCUT2D eigenvalue weighted by Crippen LogP contribution is 2.29. The van der Waals surface area contributed by atoms with E-state index in [0.717, 1.165) is 76.2 Å². The zero-order valence-corrected chi connectivity index (χ0v) is 31.6. The van der Waals surface area contributed by atoms with E-state index < -0.39 is 5.79 Å². The molecule has 0 bridgehead atoms. The molecule has 2 unspecified atom stereocenters. The number of rotatable bonds is 26. The third kappa shape index (κ3) is 20.7. The van der Waals surface area contributed by atoms with Crippen molar-refractivity contribution in [2.24, 2.45) is 5.92 Å². The van der Waals surface area contributed by atoms with Gasteiger partial charge in [0, 0.05) is 32.7 Å². The second-order valence-electron chi connectivity index (χ2n) is 14.5. The van der Waals surface area contributed by atoms with Gasteiger partial charge in [-0.05, 0) is 129 Å². The second kappa shape index (κ2) is 23.2. The summed E-state index contributed by atoms with van der Waals surface area (Å²) in [7, 11) is 1.74. The summed E-state index contributed by atoms with van der Waals surface area (Å²) in [5.41, 5.74) is 7.08. The lowest BCUT2D eigenvalue weighted by molar-refractivity contribution is -0.241. The van der Waals surface area contributed by atoms with Crippen molar-refractivity contribution in [1.82, 2.24) is 5.32 Å². The maximum Gasteiger partial charge on any atom is 0.166 e. The maximum atomic E-state index is 6.58. The zero-order chi connectivity index (χ0) is 34.5. The molecule has 0 heterocycles. The Morgan fingerprint density at radius 1 is 0.851 bits per heavy atom. The number of hydrogen-bond donors (Lipinski definition) is 1. The van der Waals surface area contributed by atoms with E-state index in [4.69, 9.17) is 18.9 Å². The third-order valence-electron chi connectivity index (χ3n) is 8.79. The lowest BCUT2D eigenvalue weighted by Gasteiger charge is -2.33. The first-order chi connectivity index (χ1) is 22.5. The van der Waals surface area contributed by atoms with Crippen LogP contribution in [0, 0.1) is 5.92 Å². The number of benzene rings is 1. The Morgan fingerprint density at radius 2 is 1.43 bits per heavy atom. The molecule has 0 aromatic heterocycles. The normalized spacial score (nSPS) is 16.3. The summed E-state index contributed by atoms with van der Waals surface area (Å²) >= 11 is 0. The molecule has 0 saturated heterocycles. The van der Waals surface area contributed by atoms with Crippen molar-refractivity contribution >= 4 is 0 Å². The average molecular weight is 652 g/mol. The molecule has 5 nitrogen and oxygen atoms in total. The predicted octanol–water partition coefficient (Wildman–Crippen LogP) is 10.7. The topological polar surface area (TPSA) is 49.0 Å². The fourth-order valence-corrected chi connectivity index (χ4v) is 5.30. The van der Waals surface area contributed by atoms with E-state index in [-0.39, 0.29) is 6.10 Å². The van der Waals surface area contributed by atoms with Crippen LogP contribution in [-0.2, 0) is 20.6 Å². The molecule has 266 valence electrons. The van der Waals surface area contributed by atoms with Crippen molar-refractivity contribution < 1.29 is 18.9 Å². The van der Waals surface area contributed by atoms with Gasteiger partial charge in [0.2, 0.25) is 0 Å². The molecule has 1 aromatic carbocycles. The minimum atomic E-state index is -0.693. The van der Waals surface area contributed by atoms with Crippen LogP contribution in [0.4, 0.5) is 0 Å². The van der Waals surface area contributed by atoms with E-state index >= 15 is 0 Å². The molecule has 1 fully saturated rings. The summed E-state index contributed by atoms with van der Waals surface area (Å²) < 4.78 is 24.5. The largest absolute Gasteiger partial charge is 0.491 e. The van der Waals surface area contributed by atoms with Crippen molar-refractivity contribution in [3.8, 4) is 5.75 Å². The molecule has 1 saturated carbocycles. The molecule has 0 radical (unpaired) electrons. The molecule has 1 aromatic rings. The molecular weight excluding hydrogens is 582 g/mol. The van der Waals surface area contributed by atoms with Gasteiger partial charge < -0.3 is 24.3 Å². The highest BCUT2D eigenvalue weighted by atomic mass is 16.7. The first-order valence-electron chi connectivity index (χ1n) is 18.3. The van der Waals surface area contributed by atoms with E-state index in [1.165, 1.54) is 47.1 Å². The fraction of sp³-hybridized carbons (Fsp3) is 0.667. The molecule has 5 heteroatoms. The molecule has 1 aliphatic carbocycles. The Labute approximate surface area is 289 Å². The van der Waals surface area contributed by atoms with E-state index in [1.807, 2.05) is 6.92 Å². The van der Waals surface area contributed by atoms with Gasteiger partial charge >= 0.3 is 0 Å². The van der Waals surface area contributed by atoms with Gasteiger partial charge in [-0.1, -0.05) is 72.6 Å². The van der Waals surface area contributed by atoms with Gasteiger partial charge in [0.1, 0.15) is 18.5 Å². The van der Waals surface area contributed by atoms with E-state index in [2.05, 4.69) is 102 Å². The standard InChI is InChI=1S/C42H69NO4/c1-33(2)14-10-15-35(5)16-11-17-36(6)18-12-19-37(7)20-13-28-42(8,44-9)47-41(30-43-34(3)4)32-46-40-25-23-38(24-26-40)27-29-45-31-39-21-22-39/h14,16,18,20,23-26,34,39,41,43H,10-13,15,17,19,21-22,27-32H2,1-9H3/b35-16+,36-18+,37-20+. The highest BCUT2D eigenvalue weighted by Gasteiger charge is 2.28. The molecule has 47 heavy (non-hydrogen) atoms. The lowest BCUT2D eigenvalue weighted by Crippen LogP contribution is -2.44. The molecule has 0 aliphatic heterocycles. The maximum absolute atomic E-state index is 6.58. The van der Waals surface area contributed by atoms with Crippen molar-refractivity contribution in [3.63, 3.8) is 0 Å². The Morgan fingerprint density at radius 3 is 1.96 bits per heavy atom. The van der Waals surface area contributed by atoms with Crippen LogP contribution in [0.25, 0.3) is 0 Å². The first kappa shape index (κ1) is 41.0. The zero-order valence-electron chi connectivity index (χ0n) is 31.6. The van der Waals surface area contributed by atoms with Gasteiger partial charge in [-0.15, -0.1) is 0 Å². The van der Waals surface area contributed by atoms with Crippen LogP contribution in [0.15, 0.2) is 70.9 Å². The third-order valence-corrected chi connectivity index (χ3v) is 8.79. The Bertz CT molecular complexity index is 1110. The Hall–Kier alpha value is -2.18. The quantitative estimate of drug-likeness (QED) is 0.0614. The lowest BCUT2D eigenvalue weighted by atomic mass is 10.0. The smallest absolute Gasteiger partial charge is 0.166 e. The minimum absolute atomic E-state index is 0.146. The SMILES string of the molecule is COC(C)(CC/C=C(\C)CC/C=C(\C)CC/C=C(\C)CCC=C(C)C)OC(CNC(C)C)COc1ccc(CCOCC2CC2)cc1. The molecule has 1 aliphatic rings. The van der Waals surface area contributed by atoms with Crippen molar-refractivity contribution in [2.45, 2.75) is 144 Å². The number of hydrogen-bond acceptors (Lipinski definition) is 5. The van der Waals surface area contributed by atoms with Crippen LogP contribution in [0.5, 0.6) is 5.75 Å². The summed E-state index contributed by atoms with van der Waals surface area (Å²) in [6, 6.07) is 8.73. The predicted molar refractivity (Wildman–Crippen MR) is 200 cm³/mol. The van der Waals surface area contributed by atoms with Gasteiger partial charge in [-0.2, -0.15) is 0 Å². The Balaban J connectivity index is 1.77. The summed E-state index contributed by atoms with van der Waals surface area (Å²) in [5.74, 6) is 0.972. The van der Waals surface area contributed by atoms with Crippen LogP contribution >= 0.6 is 0 Å². The Kier molecular flexibility index (Phi) is 20.3. The number of methoxy groups -OCH3 is 1. The molecule has 2 atom stereocenters. The fourth-order valence-electron chi connectivity index (χ4n) is 5.30. The molecule has 0 amide bonds. The number of ether oxygens (including phenoxy) is 4. The summed E-state index contributed by atoms with van der Waals surface area (Å²) in [5, 5.41) is 3.52. The average Bonchev–Trinajstić information content (AvgIpc) is 3.85. The van der Waals surface area contributed by atoms with Gasteiger partial charge in [0.05, 0.1) is 6.61 Å². The van der Waals surface area contributed by atoms with Gasteiger partial charge in [0.25, 0.3) is 0 Å². The highest BCUT2D eigenvalue weighted by molar-refractivity contribution is 5.27. The van der Waals surface area contributed by atoms with Crippen LogP contribution < -0.4 is 10.1 Å². The van der Waals surface area contributed by atoms with Crippen molar-refractivity contribution in [2.75, 3.05) is 33.5 Å². The summed E-state index contributed by atoms with van der Waals surface area (Å²) in [6.45, 7) is 20.3. The van der Waals surface area contributed by atoms with E-state index in [0.29, 0.717) is 19.2 Å². The minimum Gasteiger partial charge on any atom is -0.491 e. The summed E-state index contributed by atoms with van der Waals surface area (Å²) in [6.07, 6.45) is 21.4. The molecule has 2 rings (SSSR count). The van der Waals surface area contributed by atoms with Crippen LogP contribution in [0.2, 0.25) is 0 Å². The molecule has 0 spiro atoms. The number of nitrogens with one attached hydrogen (secondary N) is 1. The van der Waals surface area contributed by atoms with Gasteiger partial charge in [0.15, 0.2) is 5.79 Å². The first-order valence-corrected chi connectivity index (χ1v) is 18.3. The van der Waals surface area contributed by atoms with Crippen molar-refractivity contribution in [1.29, 1.82) is 0 Å². The van der Waals surface area contributed by atoms with Gasteiger partial charge in [-0.25, -0.2) is 0 Å². The van der Waals surface area contributed by atoms with Crippen LogP contribution in [-0.4, -0.2) is 51.4 Å². The van der Waals surface area contributed by atoms with Crippen LogP contribution in [0.3, 0.4) is 0 Å².